The van der Waals surface area contributed by atoms with E-state index >= 15 is 0 Å². The molecule has 0 saturated carbocycles. The van der Waals surface area contributed by atoms with Gasteiger partial charge < -0.3 is 14.5 Å². The molecule has 7 nitrogen and oxygen atoms in total. The highest BCUT2D eigenvalue weighted by atomic mass is 16.5. The summed E-state index contributed by atoms with van der Waals surface area (Å²) >= 11 is 0. The summed E-state index contributed by atoms with van der Waals surface area (Å²) in [6.45, 7) is 18.5. The largest absolute Gasteiger partial charge is 0.457 e. The number of hydrogen-bond acceptors (Lipinski definition) is 6. The summed E-state index contributed by atoms with van der Waals surface area (Å²) in [4.78, 5) is 18.9. The predicted molar refractivity (Wildman–Crippen MR) is 235 cm³/mol. The first-order valence-electron chi connectivity index (χ1n) is 19.7. The van der Waals surface area contributed by atoms with Gasteiger partial charge in [-0.15, -0.1) is 0 Å². The van der Waals surface area contributed by atoms with Gasteiger partial charge in [0.2, 0.25) is 0 Å². The van der Waals surface area contributed by atoms with E-state index in [2.05, 4.69) is 172 Å². The van der Waals surface area contributed by atoms with Crippen molar-refractivity contribution in [1.82, 2.24) is 19.5 Å². The lowest BCUT2D eigenvalue weighted by atomic mass is 9.83. The van der Waals surface area contributed by atoms with Crippen LogP contribution in [0.5, 0.6) is 11.5 Å². The highest BCUT2D eigenvalue weighted by molar-refractivity contribution is 6.09. The highest BCUT2D eigenvalue weighted by Gasteiger charge is 2.29. The molecule has 0 atom stereocenters. The number of nitrogens with zero attached hydrogens (tertiary/aromatic N) is 6. The van der Waals surface area contributed by atoms with Crippen LogP contribution in [-0.4, -0.2) is 26.2 Å². The van der Waals surface area contributed by atoms with Gasteiger partial charge in [-0.2, -0.15) is 0 Å². The fraction of sp³-hybridized carbons (Fsp3) is 0.220. The van der Waals surface area contributed by atoms with Gasteiger partial charge in [0, 0.05) is 52.7 Å². The van der Waals surface area contributed by atoms with Gasteiger partial charge in [0.1, 0.15) is 29.8 Å². The number of hydrogen-bond donors (Lipinski definition) is 0. The summed E-state index contributed by atoms with van der Waals surface area (Å²) in [6.07, 6.45) is 7.68. The normalized spacial score (nSPS) is 13.1. The molecule has 0 aliphatic carbocycles. The minimum Gasteiger partial charge on any atom is -0.457 e. The number of rotatable bonds is 6. The number of pyridine rings is 3. The molecule has 0 radical (unpaired) electrons. The Morgan fingerprint density at radius 2 is 1.32 bits per heavy atom. The Hall–Kier alpha value is -6.47. The van der Waals surface area contributed by atoms with E-state index in [9.17, 15) is 0 Å². The number of benzene rings is 4. The molecule has 0 spiro atoms. The Balaban J connectivity index is 1.02. The number of aromatic nitrogens is 4. The van der Waals surface area contributed by atoms with Crippen LogP contribution >= 0.6 is 0 Å². The van der Waals surface area contributed by atoms with Crippen LogP contribution in [0.4, 0.5) is 22.9 Å². The van der Waals surface area contributed by atoms with E-state index in [4.69, 9.17) is 14.7 Å². The Labute approximate surface area is 335 Å². The summed E-state index contributed by atoms with van der Waals surface area (Å²) < 4.78 is 8.90. The maximum absolute atomic E-state index is 6.65. The number of aryl methyl sites for hydroxylation is 2. The smallest absolute Gasteiger partial charge is 0.137 e. The molecule has 4 aromatic heterocycles. The molecule has 0 bridgehead atoms. The lowest BCUT2D eigenvalue weighted by molar-refractivity contribution is 0.483. The highest BCUT2D eigenvalue weighted by Crippen LogP contribution is 2.45. The lowest BCUT2D eigenvalue weighted by Crippen LogP contribution is -2.24. The second-order valence-electron chi connectivity index (χ2n) is 17.3. The van der Waals surface area contributed by atoms with E-state index in [0.29, 0.717) is 6.67 Å². The first-order valence-corrected chi connectivity index (χ1v) is 19.7. The average Bonchev–Trinajstić information content (AvgIpc) is 3.74. The third-order valence-electron chi connectivity index (χ3n) is 11.2. The molecule has 0 N–H and O–H groups in total. The van der Waals surface area contributed by atoms with Crippen LogP contribution in [-0.2, 0) is 10.8 Å². The zero-order chi connectivity index (χ0) is 39.6. The summed E-state index contributed by atoms with van der Waals surface area (Å²) in [5.41, 5.74) is 12.8. The topological polar surface area (TPSA) is 59.3 Å². The van der Waals surface area contributed by atoms with Gasteiger partial charge in [0.25, 0.3) is 0 Å². The van der Waals surface area contributed by atoms with Crippen molar-refractivity contribution in [2.75, 3.05) is 16.5 Å². The molecular weight excluding hydrogens is 701 g/mol. The molecule has 0 fully saturated rings. The first-order chi connectivity index (χ1) is 27.3. The van der Waals surface area contributed by atoms with Crippen molar-refractivity contribution >= 4 is 44.7 Å². The monoisotopic (exact) mass is 748 g/mol. The van der Waals surface area contributed by atoms with E-state index in [1.54, 1.807) is 0 Å². The lowest BCUT2D eigenvalue weighted by Gasteiger charge is -2.23. The van der Waals surface area contributed by atoms with Crippen LogP contribution in [0.25, 0.3) is 38.8 Å². The van der Waals surface area contributed by atoms with Crippen molar-refractivity contribution in [3.63, 3.8) is 0 Å². The van der Waals surface area contributed by atoms with E-state index in [-0.39, 0.29) is 10.8 Å². The van der Waals surface area contributed by atoms with E-state index in [1.807, 2.05) is 36.9 Å². The summed E-state index contributed by atoms with van der Waals surface area (Å²) in [5.74, 6) is 3.27. The van der Waals surface area contributed by atoms with Crippen molar-refractivity contribution in [1.29, 1.82) is 0 Å². The van der Waals surface area contributed by atoms with Gasteiger partial charge in [-0.3, -0.25) is 9.55 Å². The maximum atomic E-state index is 6.65. The van der Waals surface area contributed by atoms with Gasteiger partial charge in [-0.05, 0) is 113 Å². The number of para-hydroxylation sites is 1. The summed E-state index contributed by atoms with van der Waals surface area (Å²) in [5, 5.41) is 2.34. The van der Waals surface area contributed by atoms with Gasteiger partial charge in [-0.25, -0.2) is 9.97 Å². The van der Waals surface area contributed by atoms with Gasteiger partial charge >= 0.3 is 0 Å². The molecular formula is C50H48N6O. The number of fused-ring (bicyclic) bond motifs is 4. The van der Waals surface area contributed by atoms with Crippen LogP contribution in [0.15, 0.2) is 134 Å². The minimum atomic E-state index is -0.00193. The molecule has 8 aromatic rings. The van der Waals surface area contributed by atoms with Gasteiger partial charge in [-0.1, -0.05) is 77.9 Å². The molecule has 4 aromatic carbocycles. The molecule has 1 aliphatic rings. The molecule has 284 valence electrons. The summed E-state index contributed by atoms with van der Waals surface area (Å²) in [6, 6.07) is 38.5. The molecule has 0 amide bonds. The zero-order valence-corrected chi connectivity index (χ0v) is 34.0. The van der Waals surface area contributed by atoms with Gasteiger partial charge in [0.05, 0.1) is 28.6 Å². The van der Waals surface area contributed by atoms with E-state index < -0.39 is 0 Å². The molecule has 0 unspecified atom stereocenters. The van der Waals surface area contributed by atoms with Crippen molar-refractivity contribution in [2.45, 2.75) is 66.2 Å². The molecule has 1 aliphatic heterocycles. The van der Waals surface area contributed by atoms with Gasteiger partial charge in [0.15, 0.2) is 0 Å². The zero-order valence-electron chi connectivity index (χ0n) is 34.0. The summed E-state index contributed by atoms with van der Waals surface area (Å²) in [7, 11) is 0. The predicted octanol–water partition coefficient (Wildman–Crippen LogP) is 12.9. The van der Waals surface area contributed by atoms with Crippen LogP contribution in [0.3, 0.4) is 0 Å². The minimum absolute atomic E-state index is 0.00193. The standard InChI is InChI=1S/C50H48N6O/c1-32-24-36(50(6,7)8)25-33(2)48(32)34-16-19-46(53-29-34)55-31-54(43-21-22-51-30-45(43)55)37-12-11-13-38(27-37)57-39-17-18-41-40-14-9-10-15-42(40)56(44(41)28-39)47-26-35(20-23-52-47)49(3,4)5/h9-30H,31H2,1-8H3. The van der Waals surface area contributed by atoms with Crippen LogP contribution < -0.4 is 14.5 Å². The molecule has 5 heterocycles. The molecule has 57 heavy (non-hydrogen) atoms. The quantitative estimate of drug-likeness (QED) is 0.169. The second kappa shape index (κ2) is 13.6. The third kappa shape index (κ3) is 6.57. The molecule has 7 heteroatoms. The fourth-order valence-electron chi connectivity index (χ4n) is 8.19. The fourth-order valence-corrected chi connectivity index (χ4v) is 8.19. The van der Waals surface area contributed by atoms with Crippen LogP contribution in [0.1, 0.15) is 63.8 Å². The Morgan fingerprint density at radius 1 is 0.561 bits per heavy atom. The van der Waals surface area contributed by atoms with Crippen molar-refractivity contribution in [3.8, 4) is 28.4 Å². The third-order valence-corrected chi connectivity index (χ3v) is 11.2. The van der Waals surface area contributed by atoms with Crippen molar-refractivity contribution < 1.29 is 4.74 Å². The van der Waals surface area contributed by atoms with Crippen LogP contribution in [0.2, 0.25) is 0 Å². The number of anilines is 4. The van der Waals surface area contributed by atoms with E-state index in [1.165, 1.54) is 33.2 Å². The number of ether oxygens (including phenoxy) is 1. The Morgan fingerprint density at radius 3 is 2.07 bits per heavy atom. The molecule has 9 rings (SSSR count). The Kier molecular flexibility index (Phi) is 8.65. The Bertz CT molecular complexity index is 2780. The van der Waals surface area contributed by atoms with Crippen LogP contribution in [0, 0.1) is 13.8 Å². The van der Waals surface area contributed by atoms with Crippen molar-refractivity contribution in [2.24, 2.45) is 0 Å². The van der Waals surface area contributed by atoms with E-state index in [0.717, 1.165) is 62.2 Å². The van der Waals surface area contributed by atoms with Crippen molar-refractivity contribution in [3.05, 3.63) is 156 Å². The molecule has 0 saturated heterocycles. The maximum Gasteiger partial charge on any atom is 0.137 e. The second-order valence-corrected chi connectivity index (χ2v) is 17.3. The SMILES string of the molecule is Cc1cc(C(C)(C)C)cc(C)c1-c1ccc(N2CN(c3cccc(Oc4ccc5c6ccccc6n(-c6cc(C(C)(C)C)ccn6)c5c4)c3)c3ccncc32)nc1. The average molecular weight is 749 g/mol. The first kappa shape index (κ1) is 36.2.